The van der Waals surface area contributed by atoms with Gasteiger partial charge in [-0.25, -0.2) is 9.97 Å². The van der Waals surface area contributed by atoms with E-state index in [0.717, 1.165) is 121 Å². The van der Waals surface area contributed by atoms with Crippen molar-refractivity contribution < 1.29 is 8.83 Å². The molecule has 0 radical (unpaired) electrons. The summed E-state index contributed by atoms with van der Waals surface area (Å²) in [6.07, 6.45) is 4.25. The van der Waals surface area contributed by atoms with E-state index < -0.39 is 0 Å². The summed E-state index contributed by atoms with van der Waals surface area (Å²) in [5.74, 6) is 0. The van der Waals surface area contributed by atoms with Crippen molar-refractivity contribution in [2.45, 2.75) is 0 Å². The highest BCUT2D eigenvalue weighted by molar-refractivity contribution is 6.26. The van der Waals surface area contributed by atoms with Crippen LogP contribution in [0.2, 0.25) is 0 Å². The van der Waals surface area contributed by atoms with E-state index in [0.29, 0.717) is 0 Å². The Kier molecular flexibility index (Phi) is 7.91. The van der Waals surface area contributed by atoms with Crippen LogP contribution in [0.5, 0.6) is 0 Å². The molecule has 0 amide bonds. The Morgan fingerprint density at radius 2 is 0.730 bits per heavy atom. The number of para-hydroxylation sites is 1. The minimum Gasteiger partial charge on any atom is -0.455 e. The van der Waals surface area contributed by atoms with Crippen molar-refractivity contribution in [1.29, 1.82) is 0 Å². The van der Waals surface area contributed by atoms with Crippen LogP contribution in [0.15, 0.2) is 240 Å². The number of fused-ring (bicyclic) bond motifs is 22. The summed E-state index contributed by atoms with van der Waals surface area (Å²) in [7, 11) is 0. The molecule has 0 bridgehead atoms. The molecule has 6 nitrogen and oxygen atoms in total. The molecule has 0 saturated heterocycles. The quantitative estimate of drug-likeness (QED) is 0.165. The molecular weight excluding hydrogens is 905 g/mol. The first-order valence-corrected chi connectivity index (χ1v) is 25.1. The third kappa shape index (κ3) is 5.59. The fraction of sp³-hybridized carbons (Fsp3) is 0. The van der Waals surface area contributed by atoms with E-state index in [1.54, 1.807) is 0 Å². The van der Waals surface area contributed by atoms with Gasteiger partial charge in [0.05, 0.1) is 34.5 Å². The first-order chi connectivity index (χ1) is 36.6. The molecule has 17 aromatic rings. The SMILES string of the molecule is c1ccc(-c2ccc(-c3ccc4c(c3)c3ccccc3c3nc5cc6c(cn5c43)oc3cccc(-c4cccc(-c5ccc7c(c5)c5ccccc5c5nc8cc9c(cn8c75)oc5ccccc59)c4)c36)cc2)cc1. The first kappa shape index (κ1) is 39.7. The van der Waals surface area contributed by atoms with Crippen molar-refractivity contribution >= 4 is 120 Å². The van der Waals surface area contributed by atoms with Gasteiger partial charge in [0.25, 0.3) is 0 Å². The summed E-state index contributed by atoms with van der Waals surface area (Å²) in [4.78, 5) is 10.7. The predicted molar refractivity (Wildman–Crippen MR) is 305 cm³/mol. The number of benzene rings is 11. The Morgan fingerprint density at radius 3 is 1.41 bits per heavy atom. The lowest BCUT2D eigenvalue weighted by Crippen LogP contribution is -1.88. The summed E-state index contributed by atoms with van der Waals surface area (Å²) in [6, 6.07) is 78.4. The van der Waals surface area contributed by atoms with Gasteiger partial charge in [0.1, 0.15) is 22.5 Å². The van der Waals surface area contributed by atoms with Crippen LogP contribution in [0.3, 0.4) is 0 Å². The second-order valence-electron chi connectivity index (χ2n) is 19.7. The molecule has 6 heteroatoms. The van der Waals surface area contributed by atoms with Gasteiger partial charge in [-0.05, 0) is 109 Å². The van der Waals surface area contributed by atoms with Gasteiger partial charge < -0.3 is 8.83 Å². The van der Waals surface area contributed by atoms with Crippen LogP contribution in [-0.2, 0) is 0 Å². The Labute approximate surface area is 421 Å². The van der Waals surface area contributed by atoms with E-state index in [1.165, 1.54) is 43.8 Å². The molecule has 342 valence electrons. The topological polar surface area (TPSA) is 60.9 Å². The van der Waals surface area contributed by atoms with Crippen molar-refractivity contribution in [2.75, 3.05) is 0 Å². The fourth-order valence-electron chi connectivity index (χ4n) is 12.3. The fourth-order valence-corrected chi connectivity index (χ4v) is 12.3. The van der Waals surface area contributed by atoms with Crippen LogP contribution in [0.25, 0.3) is 165 Å². The third-order valence-corrected chi connectivity index (χ3v) is 15.7. The Morgan fingerprint density at radius 1 is 0.270 bits per heavy atom. The van der Waals surface area contributed by atoms with E-state index in [9.17, 15) is 0 Å². The first-order valence-electron chi connectivity index (χ1n) is 25.1. The smallest absolute Gasteiger partial charge is 0.152 e. The van der Waals surface area contributed by atoms with Crippen LogP contribution >= 0.6 is 0 Å². The predicted octanol–water partition coefficient (Wildman–Crippen LogP) is 18.4. The molecule has 0 aliphatic rings. The number of nitrogens with zero attached hydrogens (tertiary/aromatic N) is 4. The Bertz CT molecular complexity index is 5250. The second kappa shape index (κ2) is 14.8. The van der Waals surface area contributed by atoms with Crippen molar-refractivity contribution in [3.63, 3.8) is 0 Å². The van der Waals surface area contributed by atoms with Gasteiger partial charge in [0, 0.05) is 43.1 Å². The number of hydrogen-bond donors (Lipinski definition) is 0. The molecule has 11 aromatic carbocycles. The highest BCUT2D eigenvalue weighted by Crippen LogP contribution is 2.44. The molecule has 17 rings (SSSR count). The average molecular weight is 943 g/mol. The lowest BCUT2D eigenvalue weighted by Gasteiger charge is -2.11. The summed E-state index contributed by atoms with van der Waals surface area (Å²) in [5.41, 5.74) is 18.5. The monoisotopic (exact) mass is 942 g/mol. The van der Waals surface area contributed by atoms with Gasteiger partial charge in [-0.2, -0.15) is 0 Å². The second-order valence-corrected chi connectivity index (χ2v) is 19.7. The number of pyridine rings is 2. The summed E-state index contributed by atoms with van der Waals surface area (Å²) in [5, 5.41) is 13.6. The van der Waals surface area contributed by atoms with Gasteiger partial charge >= 0.3 is 0 Å². The van der Waals surface area contributed by atoms with Crippen LogP contribution in [0.1, 0.15) is 0 Å². The van der Waals surface area contributed by atoms with Crippen molar-refractivity contribution in [3.8, 4) is 44.5 Å². The number of hydrogen-bond acceptors (Lipinski definition) is 4. The zero-order valence-electron chi connectivity index (χ0n) is 39.5. The lowest BCUT2D eigenvalue weighted by atomic mass is 9.93. The molecule has 0 atom stereocenters. The van der Waals surface area contributed by atoms with E-state index in [1.807, 2.05) is 12.1 Å². The van der Waals surface area contributed by atoms with Crippen LogP contribution in [0, 0.1) is 0 Å². The summed E-state index contributed by atoms with van der Waals surface area (Å²) >= 11 is 0. The van der Waals surface area contributed by atoms with Gasteiger partial charge in [-0.3, -0.25) is 8.80 Å². The number of imidazole rings is 2. The molecule has 0 spiro atoms. The lowest BCUT2D eigenvalue weighted by molar-refractivity contribution is 0.666. The van der Waals surface area contributed by atoms with Gasteiger partial charge in [0.15, 0.2) is 11.2 Å². The van der Waals surface area contributed by atoms with Crippen molar-refractivity contribution in [2.24, 2.45) is 0 Å². The summed E-state index contributed by atoms with van der Waals surface area (Å²) in [6.45, 7) is 0. The molecule has 0 saturated carbocycles. The van der Waals surface area contributed by atoms with E-state index >= 15 is 0 Å². The van der Waals surface area contributed by atoms with E-state index in [-0.39, 0.29) is 0 Å². The van der Waals surface area contributed by atoms with Crippen LogP contribution in [-0.4, -0.2) is 18.8 Å². The maximum Gasteiger partial charge on any atom is 0.152 e. The molecule has 0 fully saturated rings. The van der Waals surface area contributed by atoms with Gasteiger partial charge in [0.2, 0.25) is 0 Å². The van der Waals surface area contributed by atoms with Crippen LogP contribution in [0.4, 0.5) is 0 Å². The standard InChI is InChI=1S/C68H38N4O2/c1-2-12-39(13-3-1)40-24-26-41(27-25-40)43-28-30-52-54(33-43)47-16-4-6-19-50(47)66-68(52)72-38-61-57(36-63(72)70-66)64-46(21-11-23-59(64)74-61)45-15-10-14-42(32-45)44-29-31-53-55(34-44)48-17-5-7-20-51(48)65-67(53)71-37-60-56(35-62(71)69-65)49-18-8-9-22-58(49)73-60/h1-38H. The molecule has 0 N–H and O–H groups in total. The maximum absolute atomic E-state index is 6.80. The normalized spacial score (nSPS) is 12.3. The zero-order chi connectivity index (χ0) is 48.2. The highest BCUT2D eigenvalue weighted by Gasteiger charge is 2.21. The molecule has 6 aromatic heterocycles. The molecule has 0 aliphatic carbocycles. The number of furan rings is 2. The molecular formula is C68H38N4O2. The van der Waals surface area contributed by atoms with E-state index in [4.69, 9.17) is 18.8 Å². The van der Waals surface area contributed by atoms with Gasteiger partial charge in [-0.15, -0.1) is 0 Å². The minimum absolute atomic E-state index is 0.813. The third-order valence-electron chi connectivity index (χ3n) is 15.7. The molecule has 0 aliphatic heterocycles. The highest BCUT2D eigenvalue weighted by atomic mass is 16.3. The van der Waals surface area contributed by atoms with Gasteiger partial charge in [-0.1, -0.05) is 176 Å². The molecule has 0 unspecified atom stereocenters. The molecule has 6 heterocycles. The largest absolute Gasteiger partial charge is 0.455 e. The van der Waals surface area contributed by atoms with Crippen molar-refractivity contribution in [1.82, 2.24) is 18.8 Å². The van der Waals surface area contributed by atoms with Crippen molar-refractivity contribution in [3.05, 3.63) is 231 Å². The molecule has 74 heavy (non-hydrogen) atoms. The Hall–Kier alpha value is -10.0. The number of aromatic nitrogens is 4. The maximum atomic E-state index is 6.80. The summed E-state index contributed by atoms with van der Waals surface area (Å²) < 4.78 is 17.6. The van der Waals surface area contributed by atoms with Crippen LogP contribution < -0.4 is 0 Å². The average Bonchev–Trinajstić information content (AvgIpc) is 4.29. The Balaban J connectivity index is 0.799. The zero-order valence-corrected chi connectivity index (χ0v) is 39.5. The van der Waals surface area contributed by atoms with E-state index in [2.05, 4.69) is 227 Å². The minimum atomic E-state index is 0.813. The number of rotatable bonds is 4.